The molecule has 1 aromatic carbocycles. The normalized spacial score (nSPS) is 20.5. The fourth-order valence-corrected chi connectivity index (χ4v) is 4.64. The van der Waals surface area contributed by atoms with Gasteiger partial charge in [0.05, 0.1) is 13.2 Å². The Morgan fingerprint density at radius 2 is 1.83 bits per heavy atom. The standard InChI is InChI=1S/C24H34N4O/c1-2-27-12-4-6-24(27)20-26(19-22-5-3-11-25-17-22)18-21-7-9-23(10-8-21)28-13-15-29-16-14-28/h3,5,7-11,17,24H,2,4,6,12-16,18-20H2,1H3/t24-/m1/s1. The zero-order chi connectivity index (χ0) is 19.9. The van der Waals surface area contributed by atoms with Crippen molar-refractivity contribution in [3.8, 4) is 0 Å². The van der Waals surface area contributed by atoms with Gasteiger partial charge >= 0.3 is 0 Å². The summed E-state index contributed by atoms with van der Waals surface area (Å²) in [6.07, 6.45) is 6.50. The highest BCUT2D eigenvalue weighted by Crippen LogP contribution is 2.21. The monoisotopic (exact) mass is 394 g/mol. The average Bonchev–Trinajstić information content (AvgIpc) is 3.23. The van der Waals surface area contributed by atoms with E-state index < -0.39 is 0 Å². The van der Waals surface area contributed by atoms with E-state index in [-0.39, 0.29) is 0 Å². The third kappa shape index (κ3) is 5.56. The predicted molar refractivity (Wildman–Crippen MR) is 118 cm³/mol. The van der Waals surface area contributed by atoms with Crippen LogP contribution in [0.15, 0.2) is 48.8 Å². The molecule has 2 aliphatic heterocycles. The molecule has 1 aromatic heterocycles. The molecule has 0 bridgehead atoms. The van der Waals surface area contributed by atoms with E-state index in [9.17, 15) is 0 Å². The maximum Gasteiger partial charge on any atom is 0.0642 e. The lowest BCUT2D eigenvalue weighted by atomic mass is 10.1. The molecule has 0 aliphatic carbocycles. The second-order valence-electron chi connectivity index (χ2n) is 8.22. The maximum atomic E-state index is 5.48. The molecule has 0 radical (unpaired) electrons. The van der Waals surface area contributed by atoms with E-state index in [2.05, 4.69) is 56.9 Å². The van der Waals surface area contributed by atoms with Crippen LogP contribution in [0, 0.1) is 0 Å². The van der Waals surface area contributed by atoms with Crippen molar-refractivity contribution in [2.45, 2.75) is 38.9 Å². The van der Waals surface area contributed by atoms with Crippen LogP contribution in [-0.4, -0.2) is 66.8 Å². The Hall–Kier alpha value is -1.95. The molecule has 5 nitrogen and oxygen atoms in total. The van der Waals surface area contributed by atoms with Crippen molar-refractivity contribution >= 4 is 5.69 Å². The fraction of sp³-hybridized carbons (Fsp3) is 0.542. The van der Waals surface area contributed by atoms with Gasteiger partial charge in [-0.05, 0) is 55.3 Å². The first-order valence-electron chi connectivity index (χ1n) is 11.1. The third-order valence-electron chi connectivity index (χ3n) is 6.22. The number of pyridine rings is 1. The largest absolute Gasteiger partial charge is 0.378 e. The molecule has 0 spiro atoms. The van der Waals surface area contributed by atoms with Gasteiger partial charge in [0, 0.05) is 56.8 Å². The number of ether oxygens (including phenoxy) is 1. The lowest BCUT2D eigenvalue weighted by Gasteiger charge is -2.31. The van der Waals surface area contributed by atoms with E-state index in [0.717, 1.165) is 52.5 Å². The van der Waals surface area contributed by atoms with E-state index in [1.54, 1.807) is 0 Å². The molecular formula is C24H34N4O. The number of hydrogen-bond donors (Lipinski definition) is 0. The van der Waals surface area contributed by atoms with Crippen LogP contribution in [-0.2, 0) is 17.8 Å². The SMILES string of the molecule is CCN1CCC[C@@H]1CN(Cc1ccc(N2CCOCC2)cc1)Cc1cccnc1. The summed E-state index contributed by atoms with van der Waals surface area (Å²) in [5.41, 5.74) is 3.98. The number of rotatable bonds is 8. The zero-order valence-corrected chi connectivity index (χ0v) is 17.7. The molecule has 3 heterocycles. The minimum atomic E-state index is 0.671. The van der Waals surface area contributed by atoms with Crippen LogP contribution in [0.4, 0.5) is 5.69 Å². The molecule has 2 aliphatic rings. The number of likely N-dealkylation sites (N-methyl/N-ethyl adjacent to an activating group) is 1. The van der Waals surface area contributed by atoms with Gasteiger partial charge in [-0.3, -0.25) is 14.8 Å². The van der Waals surface area contributed by atoms with E-state index in [1.807, 2.05) is 18.5 Å². The van der Waals surface area contributed by atoms with Gasteiger partial charge in [-0.15, -0.1) is 0 Å². The van der Waals surface area contributed by atoms with Crippen molar-refractivity contribution in [1.29, 1.82) is 0 Å². The molecule has 2 fully saturated rings. The molecule has 2 saturated heterocycles. The summed E-state index contributed by atoms with van der Waals surface area (Å²) in [5, 5.41) is 0. The summed E-state index contributed by atoms with van der Waals surface area (Å²) in [5.74, 6) is 0. The summed E-state index contributed by atoms with van der Waals surface area (Å²) < 4.78 is 5.48. The van der Waals surface area contributed by atoms with E-state index in [0.29, 0.717) is 6.04 Å². The Morgan fingerprint density at radius 1 is 1.03 bits per heavy atom. The number of nitrogens with zero attached hydrogens (tertiary/aromatic N) is 4. The number of morpholine rings is 1. The van der Waals surface area contributed by atoms with E-state index in [1.165, 1.54) is 36.2 Å². The van der Waals surface area contributed by atoms with Gasteiger partial charge in [0.25, 0.3) is 0 Å². The second kappa shape index (κ2) is 10.2. The Balaban J connectivity index is 1.43. The van der Waals surface area contributed by atoms with Gasteiger partial charge in [0.15, 0.2) is 0 Å². The van der Waals surface area contributed by atoms with Gasteiger partial charge in [0.2, 0.25) is 0 Å². The number of benzene rings is 1. The fourth-order valence-electron chi connectivity index (χ4n) is 4.64. The Bertz CT molecular complexity index is 730. The second-order valence-corrected chi connectivity index (χ2v) is 8.22. The first kappa shape index (κ1) is 20.3. The van der Waals surface area contributed by atoms with Crippen LogP contribution < -0.4 is 4.90 Å². The molecule has 156 valence electrons. The molecular weight excluding hydrogens is 360 g/mol. The quantitative estimate of drug-likeness (QED) is 0.685. The molecule has 0 saturated carbocycles. The predicted octanol–water partition coefficient (Wildman–Crippen LogP) is 3.40. The van der Waals surface area contributed by atoms with Crippen molar-refractivity contribution < 1.29 is 4.74 Å². The van der Waals surface area contributed by atoms with Crippen LogP contribution in [0.3, 0.4) is 0 Å². The minimum absolute atomic E-state index is 0.671. The molecule has 29 heavy (non-hydrogen) atoms. The van der Waals surface area contributed by atoms with Crippen molar-refractivity contribution in [3.05, 3.63) is 59.9 Å². The molecule has 2 aromatic rings. The lowest BCUT2D eigenvalue weighted by molar-refractivity contribution is 0.122. The highest BCUT2D eigenvalue weighted by Gasteiger charge is 2.25. The molecule has 0 amide bonds. The van der Waals surface area contributed by atoms with Crippen LogP contribution in [0.1, 0.15) is 30.9 Å². The van der Waals surface area contributed by atoms with Gasteiger partial charge in [0.1, 0.15) is 0 Å². The van der Waals surface area contributed by atoms with Crippen LogP contribution in [0.2, 0.25) is 0 Å². The minimum Gasteiger partial charge on any atom is -0.378 e. The van der Waals surface area contributed by atoms with Crippen molar-refractivity contribution in [3.63, 3.8) is 0 Å². The third-order valence-corrected chi connectivity index (χ3v) is 6.22. The van der Waals surface area contributed by atoms with Gasteiger partial charge < -0.3 is 9.64 Å². The molecule has 1 atom stereocenters. The van der Waals surface area contributed by atoms with Gasteiger partial charge in [-0.2, -0.15) is 0 Å². The molecule has 0 unspecified atom stereocenters. The first-order valence-corrected chi connectivity index (χ1v) is 11.1. The lowest BCUT2D eigenvalue weighted by Crippen LogP contribution is -2.39. The Labute approximate surface area is 175 Å². The zero-order valence-electron chi connectivity index (χ0n) is 17.7. The summed E-state index contributed by atoms with van der Waals surface area (Å²) in [4.78, 5) is 12.0. The molecule has 5 heteroatoms. The average molecular weight is 395 g/mol. The van der Waals surface area contributed by atoms with Crippen molar-refractivity contribution in [2.75, 3.05) is 50.8 Å². The number of anilines is 1. The topological polar surface area (TPSA) is 31.8 Å². The van der Waals surface area contributed by atoms with E-state index in [4.69, 9.17) is 4.74 Å². The summed E-state index contributed by atoms with van der Waals surface area (Å²) >= 11 is 0. The summed E-state index contributed by atoms with van der Waals surface area (Å²) in [7, 11) is 0. The first-order chi connectivity index (χ1) is 14.3. The van der Waals surface area contributed by atoms with Crippen LogP contribution in [0.5, 0.6) is 0 Å². The van der Waals surface area contributed by atoms with Crippen LogP contribution >= 0.6 is 0 Å². The number of aromatic nitrogens is 1. The summed E-state index contributed by atoms with van der Waals surface area (Å²) in [6.45, 7) is 11.4. The number of likely N-dealkylation sites (tertiary alicyclic amines) is 1. The van der Waals surface area contributed by atoms with Crippen molar-refractivity contribution in [1.82, 2.24) is 14.8 Å². The van der Waals surface area contributed by atoms with Gasteiger partial charge in [-0.1, -0.05) is 25.1 Å². The van der Waals surface area contributed by atoms with Gasteiger partial charge in [-0.25, -0.2) is 0 Å². The summed E-state index contributed by atoms with van der Waals surface area (Å²) in [6, 6.07) is 14.0. The Kier molecular flexibility index (Phi) is 7.14. The Morgan fingerprint density at radius 3 is 2.55 bits per heavy atom. The molecule has 4 rings (SSSR count). The van der Waals surface area contributed by atoms with Crippen LogP contribution in [0.25, 0.3) is 0 Å². The number of hydrogen-bond acceptors (Lipinski definition) is 5. The smallest absolute Gasteiger partial charge is 0.0642 e. The maximum absolute atomic E-state index is 5.48. The molecule has 0 N–H and O–H groups in total. The highest BCUT2D eigenvalue weighted by atomic mass is 16.5. The van der Waals surface area contributed by atoms with E-state index >= 15 is 0 Å². The van der Waals surface area contributed by atoms with Crippen molar-refractivity contribution in [2.24, 2.45) is 0 Å². The highest BCUT2D eigenvalue weighted by molar-refractivity contribution is 5.47.